The van der Waals surface area contributed by atoms with Gasteiger partial charge in [-0.2, -0.15) is 14.0 Å². The molecule has 0 radical (unpaired) electrons. The van der Waals surface area contributed by atoms with Crippen LogP contribution in [0.4, 0.5) is 14.5 Å². The Morgan fingerprint density at radius 2 is 1.96 bits per heavy atom. The van der Waals surface area contributed by atoms with Crippen LogP contribution in [0.2, 0.25) is 0 Å². The van der Waals surface area contributed by atoms with Gasteiger partial charge in [0.05, 0.1) is 0 Å². The highest BCUT2D eigenvalue weighted by Gasteiger charge is 2.10. The van der Waals surface area contributed by atoms with Crippen molar-refractivity contribution in [2.45, 2.75) is 10.7 Å². The summed E-state index contributed by atoms with van der Waals surface area (Å²) in [5.41, 5.74) is 0.743. The number of hydrogen-bond donors (Lipinski definition) is 2. The molecular weight excluding hydrogens is 334 g/mol. The fraction of sp³-hybridized carbons (Fsp3) is 0.0588. The van der Waals surface area contributed by atoms with Gasteiger partial charge in [0.25, 0.3) is 11.7 Å². The Balaban J connectivity index is 2.11. The summed E-state index contributed by atoms with van der Waals surface area (Å²) in [6, 6.07) is 13.8. The number of anilines is 1. The Morgan fingerprint density at radius 1 is 1.25 bits per heavy atom. The molecule has 0 atom stereocenters. The highest BCUT2D eigenvalue weighted by Crippen LogP contribution is 2.26. The first kappa shape index (κ1) is 17.5. The van der Waals surface area contributed by atoms with Crippen LogP contribution in [0.15, 0.2) is 59.0 Å². The number of carbonyl (C=O) groups is 1. The fourth-order valence-electron chi connectivity index (χ4n) is 1.85. The minimum absolute atomic E-state index is 0.0218. The van der Waals surface area contributed by atoms with Crippen molar-refractivity contribution in [2.75, 3.05) is 5.32 Å². The van der Waals surface area contributed by atoms with Gasteiger partial charge in [-0.05, 0) is 48.0 Å². The van der Waals surface area contributed by atoms with E-state index in [4.69, 9.17) is 5.26 Å². The van der Waals surface area contributed by atoms with Crippen LogP contribution in [0.5, 0.6) is 5.75 Å². The molecule has 0 unspecified atom stereocenters. The number of alkyl halides is 2. The zero-order chi connectivity index (χ0) is 17.5. The summed E-state index contributed by atoms with van der Waals surface area (Å²) in [7, 11) is 0. The molecule has 4 nitrogen and oxygen atoms in total. The summed E-state index contributed by atoms with van der Waals surface area (Å²) >= 11 is 0.406. The Kier molecular flexibility index (Phi) is 5.93. The topological polar surface area (TPSA) is 73.1 Å². The summed E-state index contributed by atoms with van der Waals surface area (Å²) in [6.07, 6.45) is 1.34. The van der Waals surface area contributed by atoms with E-state index in [-0.39, 0.29) is 11.3 Å². The molecule has 0 aliphatic rings. The van der Waals surface area contributed by atoms with E-state index in [1.165, 1.54) is 42.5 Å². The number of phenolic OH excluding ortho intramolecular Hbond substituents is 1. The van der Waals surface area contributed by atoms with Crippen molar-refractivity contribution in [2.24, 2.45) is 0 Å². The van der Waals surface area contributed by atoms with Gasteiger partial charge in [0, 0.05) is 10.6 Å². The number of carbonyl (C=O) groups excluding carboxylic acids is 1. The van der Waals surface area contributed by atoms with Crippen molar-refractivity contribution < 1.29 is 18.7 Å². The number of nitrogens with zero attached hydrogens (tertiary/aromatic N) is 1. The molecule has 1 amide bonds. The zero-order valence-electron chi connectivity index (χ0n) is 12.2. The molecule has 122 valence electrons. The number of benzene rings is 2. The lowest BCUT2D eigenvalue weighted by Crippen LogP contribution is -2.13. The number of nitriles is 1. The lowest BCUT2D eigenvalue weighted by molar-refractivity contribution is -0.112. The second-order valence-corrected chi connectivity index (χ2v) is 5.69. The Hall–Kier alpha value is -2.85. The van der Waals surface area contributed by atoms with Crippen molar-refractivity contribution in [3.63, 3.8) is 0 Å². The van der Waals surface area contributed by atoms with Crippen LogP contribution >= 0.6 is 11.8 Å². The van der Waals surface area contributed by atoms with Crippen LogP contribution in [0, 0.1) is 11.3 Å². The van der Waals surface area contributed by atoms with Crippen LogP contribution in [-0.2, 0) is 4.79 Å². The van der Waals surface area contributed by atoms with Gasteiger partial charge in [0.2, 0.25) is 0 Å². The molecule has 2 N–H and O–H groups in total. The van der Waals surface area contributed by atoms with Crippen molar-refractivity contribution >= 4 is 29.4 Å². The van der Waals surface area contributed by atoms with Crippen LogP contribution in [0.25, 0.3) is 6.08 Å². The van der Waals surface area contributed by atoms with Crippen LogP contribution < -0.4 is 5.32 Å². The molecular formula is C17H12F2N2O2S. The molecule has 2 aromatic rings. The SMILES string of the molecule is N#C/C(=C\c1cccc(O)c1)C(=O)Nc1ccc(SC(F)F)cc1. The van der Waals surface area contributed by atoms with E-state index >= 15 is 0 Å². The predicted molar refractivity (Wildman–Crippen MR) is 88.6 cm³/mol. The molecule has 0 spiro atoms. The second-order valence-electron chi connectivity index (χ2n) is 4.62. The Labute approximate surface area is 141 Å². The van der Waals surface area contributed by atoms with Gasteiger partial charge in [0.15, 0.2) is 0 Å². The standard InChI is InChI=1S/C17H12F2N2O2S/c18-17(19)24-15-6-4-13(5-7-15)21-16(23)12(10-20)8-11-2-1-3-14(22)9-11/h1-9,17,22H,(H,21,23)/b12-8+. The largest absolute Gasteiger partial charge is 0.508 e. The number of hydrogen-bond acceptors (Lipinski definition) is 4. The minimum atomic E-state index is -2.51. The monoisotopic (exact) mass is 346 g/mol. The Morgan fingerprint density at radius 3 is 2.54 bits per heavy atom. The molecule has 0 bridgehead atoms. The van der Waals surface area contributed by atoms with E-state index < -0.39 is 11.7 Å². The lowest BCUT2D eigenvalue weighted by Gasteiger charge is -2.06. The van der Waals surface area contributed by atoms with E-state index in [1.807, 2.05) is 0 Å². The zero-order valence-corrected chi connectivity index (χ0v) is 13.1. The van der Waals surface area contributed by atoms with Crippen LogP contribution in [-0.4, -0.2) is 16.8 Å². The average molecular weight is 346 g/mol. The third-order valence-corrected chi connectivity index (χ3v) is 3.61. The van der Waals surface area contributed by atoms with Crippen LogP contribution in [0.1, 0.15) is 5.56 Å². The van der Waals surface area contributed by atoms with Gasteiger partial charge in [0.1, 0.15) is 17.4 Å². The van der Waals surface area contributed by atoms with E-state index in [2.05, 4.69) is 5.32 Å². The number of halogens is 2. The summed E-state index contributed by atoms with van der Waals surface area (Å²) in [6.45, 7) is 0. The lowest BCUT2D eigenvalue weighted by atomic mass is 10.1. The third-order valence-electron chi connectivity index (χ3n) is 2.88. The van der Waals surface area contributed by atoms with Gasteiger partial charge in [-0.15, -0.1) is 0 Å². The molecule has 24 heavy (non-hydrogen) atoms. The third kappa shape index (κ3) is 5.11. The molecule has 2 rings (SSSR count). The fourth-order valence-corrected chi connectivity index (χ4v) is 2.35. The molecule has 0 aromatic heterocycles. The molecule has 0 aliphatic carbocycles. The highest BCUT2D eigenvalue weighted by molar-refractivity contribution is 7.99. The number of amides is 1. The van der Waals surface area contributed by atoms with E-state index in [0.29, 0.717) is 27.9 Å². The summed E-state index contributed by atoms with van der Waals surface area (Å²) in [5.74, 6) is -3.12. The predicted octanol–water partition coefficient (Wildman–Crippen LogP) is 4.25. The molecule has 0 saturated heterocycles. The number of rotatable bonds is 5. The maximum absolute atomic E-state index is 12.3. The van der Waals surface area contributed by atoms with Crippen molar-refractivity contribution in [3.05, 3.63) is 59.7 Å². The normalized spacial score (nSPS) is 11.2. The average Bonchev–Trinajstić information content (AvgIpc) is 2.54. The molecule has 0 aliphatic heterocycles. The first-order valence-electron chi connectivity index (χ1n) is 6.75. The number of nitrogens with one attached hydrogen (secondary N) is 1. The van der Waals surface area contributed by atoms with Gasteiger partial charge >= 0.3 is 0 Å². The molecule has 0 heterocycles. The Bertz CT molecular complexity index is 799. The van der Waals surface area contributed by atoms with Gasteiger partial charge in [-0.1, -0.05) is 23.9 Å². The summed E-state index contributed by atoms with van der Waals surface area (Å²) < 4.78 is 24.5. The number of phenols is 1. The quantitative estimate of drug-likeness (QED) is 0.482. The van der Waals surface area contributed by atoms with E-state index in [9.17, 15) is 18.7 Å². The number of thioether (sulfide) groups is 1. The van der Waals surface area contributed by atoms with E-state index in [1.54, 1.807) is 18.2 Å². The van der Waals surface area contributed by atoms with Gasteiger partial charge < -0.3 is 10.4 Å². The maximum atomic E-state index is 12.3. The number of aromatic hydroxyl groups is 1. The first-order chi connectivity index (χ1) is 11.5. The molecule has 0 saturated carbocycles. The van der Waals surface area contributed by atoms with Gasteiger partial charge in [-0.25, -0.2) is 0 Å². The summed E-state index contributed by atoms with van der Waals surface area (Å²) in [4.78, 5) is 12.5. The second kappa shape index (κ2) is 8.13. The van der Waals surface area contributed by atoms with E-state index in [0.717, 1.165) is 0 Å². The summed E-state index contributed by atoms with van der Waals surface area (Å²) in [5, 5.41) is 21.0. The molecule has 0 fully saturated rings. The smallest absolute Gasteiger partial charge is 0.288 e. The molecule has 2 aromatic carbocycles. The molecule has 7 heteroatoms. The van der Waals surface area contributed by atoms with Crippen LogP contribution in [0.3, 0.4) is 0 Å². The van der Waals surface area contributed by atoms with Crippen molar-refractivity contribution in [3.8, 4) is 11.8 Å². The highest BCUT2D eigenvalue weighted by atomic mass is 32.2. The maximum Gasteiger partial charge on any atom is 0.288 e. The minimum Gasteiger partial charge on any atom is -0.508 e. The first-order valence-corrected chi connectivity index (χ1v) is 7.63. The van der Waals surface area contributed by atoms with Crippen molar-refractivity contribution in [1.29, 1.82) is 5.26 Å². The van der Waals surface area contributed by atoms with Crippen molar-refractivity contribution in [1.82, 2.24) is 0 Å². The van der Waals surface area contributed by atoms with Gasteiger partial charge in [-0.3, -0.25) is 4.79 Å².